The molecule has 8 heteroatoms. The molecule has 0 amide bonds. The number of benzene rings is 8. The summed E-state index contributed by atoms with van der Waals surface area (Å²) in [5.41, 5.74) is 9.44. The van der Waals surface area contributed by atoms with Gasteiger partial charge in [-0.2, -0.15) is 13.2 Å². The van der Waals surface area contributed by atoms with Gasteiger partial charge >= 0.3 is 6.18 Å². The van der Waals surface area contributed by atoms with Crippen LogP contribution < -0.4 is 14.5 Å². The Morgan fingerprint density at radius 3 is 1.90 bits per heavy atom. The second kappa shape index (κ2) is 14.5. The summed E-state index contributed by atoms with van der Waals surface area (Å²) in [6.45, 7) is 0.534. The van der Waals surface area contributed by atoms with Crippen molar-refractivity contribution in [1.29, 1.82) is 0 Å². The number of pyridine rings is 1. The van der Waals surface area contributed by atoms with E-state index in [1.165, 1.54) is 6.20 Å². The van der Waals surface area contributed by atoms with Crippen LogP contribution in [0.2, 0.25) is 0 Å². The molecule has 0 saturated heterocycles. The van der Waals surface area contributed by atoms with Crippen molar-refractivity contribution in [2.45, 2.75) is 6.18 Å². The number of halogens is 3. The zero-order chi connectivity index (χ0) is 41.1. The molecule has 0 atom stereocenters. The van der Waals surface area contributed by atoms with Gasteiger partial charge in [0.1, 0.15) is 24.0 Å². The molecule has 8 aromatic carbocycles. The van der Waals surface area contributed by atoms with Crippen molar-refractivity contribution < 1.29 is 17.9 Å². The third-order valence-electron chi connectivity index (χ3n) is 11.5. The zero-order valence-corrected chi connectivity index (χ0v) is 32.6. The maximum absolute atomic E-state index is 13.9. The van der Waals surface area contributed by atoms with Crippen LogP contribution >= 0.6 is 0 Å². The Labute approximate surface area is 349 Å². The van der Waals surface area contributed by atoms with Crippen LogP contribution in [0.1, 0.15) is 5.56 Å². The molecule has 0 radical (unpaired) electrons. The van der Waals surface area contributed by atoms with E-state index in [9.17, 15) is 13.2 Å². The average molecular weight is 801 g/mol. The van der Waals surface area contributed by atoms with Crippen LogP contribution in [0.5, 0.6) is 11.5 Å². The number of hydrogen-bond acceptors (Lipinski definition) is 4. The highest BCUT2D eigenvalue weighted by atomic mass is 19.4. The van der Waals surface area contributed by atoms with Crippen LogP contribution in [0.25, 0.3) is 60.6 Å². The Morgan fingerprint density at radius 1 is 0.492 bits per heavy atom. The summed E-state index contributed by atoms with van der Waals surface area (Å²) in [4.78, 5) is 9.16. The number of nitrogens with zero attached hydrogens (tertiary/aromatic N) is 4. The summed E-state index contributed by atoms with van der Waals surface area (Å²) in [5, 5.41) is 4.08. The lowest BCUT2D eigenvalue weighted by molar-refractivity contribution is -0.137. The minimum absolute atomic E-state index is 0.175. The number of fused-ring (bicyclic) bond motifs is 6. The smallest absolute Gasteiger partial charge is 0.416 e. The molecule has 0 N–H and O–H groups in total. The van der Waals surface area contributed by atoms with Gasteiger partial charge < -0.3 is 14.5 Å². The standard InChI is InChI=1S/C53H35F3N4O/c54-53(55,56)38-29-30-57-50(31-38)60-47-24-10-9-21-45(47)46-27-26-41(33-49(46)60)61-40-19-11-18-39(32-40)58-34-59(52-44-20-8-7-17-37(44)25-28-48(52)58)51-42(35-13-3-1-4-14-35)22-12-23-43(51)36-15-5-2-6-16-36/h1-33H,34H2. The van der Waals surface area contributed by atoms with Gasteiger partial charge in [-0.05, 0) is 65.0 Å². The summed E-state index contributed by atoms with van der Waals surface area (Å²) < 4.78 is 50.0. The molecular formula is C53H35F3N4O. The van der Waals surface area contributed by atoms with E-state index in [1.54, 1.807) is 4.57 Å². The maximum atomic E-state index is 13.9. The SMILES string of the molecule is FC(F)(F)c1ccnc(-n2c3ccccc3c3ccc(Oc4cccc(N5CN(c6c(-c7ccccc7)cccc6-c6ccccc6)c6c5ccc5ccccc65)c4)cc32)c1. The van der Waals surface area contributed by atoms with E-state index in [1.807, 2.05) is 72.8 Å². The molecule has 0 spiro atoms. The number of anilines is 4. The topological polar surface area (TPSA) is 33.5 Å². The molecule has 1 aliphatic rings. The largest absolute Gasteiger partial charge is 0.457 e. The first kappa shape index (κ1) is 36.3. The predicted molar refractivity (Wildman–Crippen MR) is 241 cm³/mol. The van der Waals surface area contributed by atoms with Gasteiger partial charge in [-0.25, -0.2) is 4.98 Å². The van der Waals surface area contributed by atoms with Crippen LogP contribution in [0.4, 0.5) is 35.9 Å². The highest BCUT2D eigenvalue weighted by Gasteiger charge is 2.34. The molecular weight excluding hydrogens is 766 g/mol. The predicted octanol–water partition coefficient (Wildman–Crippen LogP) is 14.7. The molecule has 1 aliphatic heterocycles. The van der Waals surface area contributed by atoms with E-state index in [4.69, 9.17) is 4.74 Å². The summed E-state index contributed by atoms with van der Waals surface area (Å²) in [6, 6.07) is 64.0. The van der Waals surface area contributed by atoms with Crippen molar-refractivity contribution in [2.24, 2.45) is 0 Å². The fourth-order valence-electron chi connectivity index (χ4n) is 8.80. The monoisotopic (exact) mass is 800 g/mol. The first-order chi connectivity index (χ1) is 29.9. The fraction of sp³-hybridized carbons (Fsp3) is 0.0377. The lowest BCUT2D eigenvalue weighted by Gasteiger charge is -2.27. The quantitative estimate of drug-likeness (QED) is 0.161. The van der Waals surface area contributed by atoms with Crippen molar-refractivity contribution in [3.05, 3.63) is 206 Å². The normalized spacial score (nSPS) is 12.7. The first-order valence-electron chi connectivity index (χ1n) is 20.0. The zero-order valence-electron chi connectivity index (χ0n) is 32.6. The van der Waals surface area contributed by atoms with E-state index in [2.05, 4.69) is 124 Å². The number of rotatable bonds is 7. The first-order valence-corrected chi connectivity index (χ1v) is 20.0. The van der Waals surface area contributed by atoms with Crippen molar-refractivity contribution in [3.8, 4) is 39.6 Å². The molecule has 61 heavy (non-hydrogen) atoms. The number of alkyl halides is 3. The molecule has 0 unspecified atom stereocenters. The van der Waals surface area contributed by atoms with Gasteiger partial charge in [-0.3, -0.25) is 4.57 Å². The lowest BCUT2D eigenvalue weighted by atomic mass is 9.94. The Kier molecular flexibility index (Phi) is 8.60. The second-order valence-corrected chi connectivity index (χ2v) is 15.1. The van der Waals surface area contributed by atoms with Gasteiger partial charge in [-0.15, -0.1) is 0 Å². The number of hydrogen-bond donors (Lipinski definition) is 0. The number of para-hydroxylation sites is 2. The van der Waals surface area contributed by atoms with Gasteiger partial charge in [0.25, 0.3) is 0 Å². The molecule has 2 aromatic heterocycles. The summed E-state index contributed by atoms with van der Waals surface area (Å²) in [7, 11) is 0. The van der Waals surface area contributed by atoms with Crippen LogP contribution in [0.15, 0.2) is 200 Å². The van der Waals surface area contributed by atoms with Crippen LogP contribution in [-0.2, 0) is 6.18 Å². The summed E-state index contributed by atoms with van der Waals surface area (Å²) in [5.74, 6) is 1.33. The third kappa shape index (κ3) is 6.31. The molecule has 0 bridgehead atoms. The highest BCUT2D eigenvalue weighted by molar-refractivity contribution is 6.10. The Morgan fingerprint density at radius 2 is 1.15 bits per heavy atom. The van der Waals surface area contributed by atoms with Gasteiger partial charge in [0.05, 0.1) is 33.7 Å². The third-order valence-corrected chi connectivity index (χ3v) is 11.5. The van der Waals surface area contributed by atoms with Gasteiger partial charge in [-0.1, -0.05) is 133 Å². The molecule has 5 nitrogen and oxygen atoms in total. The molecule has 3 heterocycles. The summed E-state index contributed by atoms with van der Waals surface area (Å²) >= 11 is 0. The van der Waals surface area contributed by atoms with Crippen LogP contribution in [0, 0.1) is 0 Å². The lowest BCUT2D eigenvalue weighted by Crippen LogP contribution is -2.25. The summed E-state index contributed by atoms with van der Waals surface area (Å²) in [6.07, 6.45) is -3.31. The minimum Gasteiger partial charge on any atom is -0.457 e. The van der Waals surface area contributed by atoms with Gasteiger partial charge in [0, 0.05) is 51.3 Å². The maximum Gasteiger partial charge on any atom is 0.416 e. The molecule has 0 fully saturated rings. The molecule has 0 aliphatic carbocycles. The van der Waals surface area contributed by atoms with E-state index in [-0.39, 0.29) is 5.82 Å². The van der Waals surface area contributed by atoms with Crippen LogP contribution in [0.3, 0.4) is 0 Å². The number of aromatic nitrogens is 2. The van der Waals surface area contributed by atoms with Crippen molar-refractivity contribution >= 4 is 55.3 Å². The average Bonchev–Trinajstić information content (AvgIpc) is 3.85. The highest BCUT2D eigenvalue weighted by Crippen LogP contribution is 2.53. The van der Waals surface area contributed by atoms with E-state index in [0.717, 1.165) is 84.2 Å². The van der Waals surface area contributed by atoms with E-state index in [0.29, 0.717) is 23.7 Å². The Hall–Kier alpha value is -7.84. The van der Waals surface area contributed by atoms with E-state index < -0.39 is 11.7 Å². The van der Waals surface area contributed by atoms with Crippen LogP contribution in [-0.4, -0.2) is 16.2 Å². The molecule has 294 valence electrons. The van der Waals surface area contributed by atoms with Crippen molar-refractivity contribution in [1.82, 2.24) is 9.55 Å². The Bertz CT molecular complexity index is 3210. The molecule has 10 aromatic rings. The fourth-order valence-corrected chi connectivity index (χ4v) is 8.80. The van der Waals surface area contributed by atoms with Crippen molar-refractivity contribution in [2.75, 3.05) is 16.5 Å². The van der Waals surface area contributed by atoms with Gasteiger partial charge in [0.2, 0.25) is 0 Å². The van der Waals surface area contributed by atoms with E-state index >= 15 is 0 Å². The molecule has 11 rings (SSSR count). The molecule has 0 saturated carbocycles. The minimum atomic E-state index is -4.51. The van der Waals surface area contributed by atoms with Gasteiger partial charge in [0.15, 0.2) is 0 Å². The van der Waals surface area contributed by atoms with Crippen molar-refractivity contribution in [3.63, 3.8) is 0 Å². The second-order valence-electron chi connectivity index (χ2n) is 15.1. The number of ether oxygens (including phenoxy) is 1. The Balaban J connectivity index is 1.02.